The van der Waals surface area contributed by atoms with E-state index in [1.165, 1.54) is 4.74 Å². The summed E-state index contributed by atoms with van der Waals surface area (Å²) >= 11 is 0. The van der Waals surface area contributed by atoms with E-state index in [2.05, 4.69) is 4.74 Å². The van der Waals surface area contributed by atoms with Crippen LogP contribution in [0.2, 0.25) is 0 Å². The van der Waals surface area contributed by atoms with E-state index in [4.69, 9.17) is 5.11 Å². The van der Waals surface area contributed by atoms with Crippen LogP contribution in [0, 0.1) is 0 Å². The van der Waals surface area contributed by atoms with Gasteiger partial charge in [0, 0.05) is 0 Å². The third kappa shape index (κ3) is 6.37. The van der Waals surface area contributed by atoms with Gasteiger partial charge in [0.15, 0.2) is 6.29 Å². The molecule has 0 rings (SSSR count). The molecule has 0 amide bonds. The van der Waals surface area contributed by atoms with Crippen molar-refractivity contribution in [2.75, 3.05) is 6.61 Å². The first-order valence-corrected chi connectivity index (χ1v) is 6.92. The molecule has 0 heterocycles. The van der Waals surface area contributed by atoms with Crippen LogP contribution in [-0.4, -0.2) is 66.6 Å². The molecule has 31 heavy (non-hydrogen) atoms. The highest BCUT2D eigenvalue weighted by atomic mass is 19.4. The molecule has 1 N–H and O–H groups in total. The molecule has 1 unspecified atom stereocenters. The van der Waals surface area contributed by atoms with E-state index in [0.29, 0.717) is 6.92 Å². The van der Waals surface area contributed by atoms with Crippen molar-refractivity contribution in [1.29, 1.82) is 0 Å². The molecule has 0 aromatic rings. The number of ether oxygens (including phenoxy) is 3. The van der Waals surface area contributed by atoms with Gasteiger partial charge in [0.05, 0.1) is 0 Å². The Morgan fingerprint density at radius 3 is 1.39 bits per heavy atom. The number of rotatable bonds is 11. The zero-order valence-electron chi connectivity index (χ0n) is 14.1. The van der Waals surface area contributed by atoms with E-state index in [0.717, 1.165) is 0 Å². The number of aliphatic hydroxyl groups excluding tert-OH is 1. The highest BCUT2D eigenvalue weighted by molar-refractivity contribution is 4.97. The molecular weight excluding hydrogens is 500 g/mol. The molecule has 0 saturated carbocycles. The SMILES string of the molecule is CC(F)[C@@H](O)OCC(F)(F)OC(F)(F)C(F)(F)OC(F)(F)C(F)(F)C(F)(F)C(F)(F)F. The monoisotopic (exact) mass is 508 g/mol. The molecule has 0 aromatic heterocycles. The van der Waals surface area contributed by atoms with Crippen molar-refractivity contribution >= 4 is 0 Å². The molecule has 0 aliphatic heterocycles. The van der Waals surface area contributed by atoms with Gasteiger partial charge in [0.25, 0.3) is 0 Å². The van der Waals surface area contributed by atoms with Gasteiger partial charge in [-0.2, -0.15) is 65.9 Å². The highest BCUT2D eigenvalue weighted by Crippen LogP contribution is 2.55. The van der Waals surface area contributed by atoms with Gasteiger partial charge in [-0.1, -0.05) is 0 Å². The van der Waals surface area contributed by atoms with E-state index >= 15 is 0 Å². The molecule has 0 aliphatic carbocycles. The maximum Gasteiger partial charge on any atom is 0.460 e. The average Bonchev–Trinajstić information content (AvgIpc) is 2.48. The maximum absolute atomic E-state index is 13.1. The Morgan fingerprint density at radius 1 is 0.645 bits per heavy atom. The third-order valence-electron chi connectivity index (χ3n) is 2.80. The first kappa shape index (κ1) is 29.7. The van der Waals surface area contributed by atoms with Crippen molar-refractivity contribution in [1.82, 2.24) is 0 Å². The summed E-state index contributed by atoms with van der Waals surface area (Å²) in [5.74, 6) is -15.8. The van der Waals surface area contributed by atoms with Crippen LogP contribution >= 0.6 is 0 Å². The minimum Gasteiger partial charge on any atom is -0.366 e. The number of hydrogen-bond acceptors (Lipinski definition) is 4. The predicted molar refractivity (Wildman–Crippen MR) is 60.4 cm³/mol. The standard InChI is InChI=1S/C11H8F16O4/c1-3(12)4(28)29-2-5(13,14)30-10(24,25)11(26,27)31-9(22,23)7(17,18)6(15,16)8(19,20)21/h3-4,28H,2H2,1H3/t3?,4-/m0/s1. The largest absolute Gasteiger partial charge is 0.460 e. The summed E-state index contributed by atoms with van der Waals surface area (Å²) < 4.78 is 210. The number of aliphatic hydroxyl groups is 1. The third-order valence-corrected chi connectivity index (χ3v) is 2.80. The van der Waals surface area contributed by atoms with Crippen LogP contribution in [0.25, 0.3) is 0 Å². The second-order valence-corrected chi connectivity index (χ2v) is 5.42. The second-order valence-electron chi connectivity index (χ2n) is 5.42. The summed E-state index contributed by atoms with van der Waals surface area (Å²) in [5, 5.41) is 8.64. The van der Waals surface area contributed by atoms with Crippen molar-refractivity contribution in [3.63, 3.8) is 0 Å². The molecule has 0 fully saturated rings. The molecule has 0 saturated heterocycles. The molecule has 20 heteroatoms. The Labute approximate surface area is 159 Å². The molecular formula is C11H8F16O4. The summed E-state index contributed by atoms with van der Waals surface area (Å²) in [6.07, 6.45) is -40.8. The summed E-state index contributed by atoms with van der Waals surface area (Å²) in [4.78, 5) is 0. The second kappa shape index (κ2) is 8.58. The van der Waals surface area contributed by atoms with E-state index in [1.807, 2.05) is 4.74 Å². The quantitative estimate of drug-likeness (QED) is 0.318. The summed E-state index contributed by atoms with van der Waals surface area (Å²) in [5.41, 5.74) is 0. The van der Waals surface area contributed by atoms with Crippen LogP contribution in [0.3, 0.4) is 0 Å². The Balaban J connectivity index is 5.69. The molecule has 0 aliphatic rings. The lowest BCUT2D eigenvalue weighted by atomic mass is 10.1. The van der Waals surface area contributed by atoms with Crippen LogP contribution in [-0.2, 0) is 14.2 Å². The molecule has 0 bridgehead atoms. The fourth-order valence-corrected chi connectivity index (χ4v) is 1.24. The molecule has 0 spiro atoms. The smallest absolute Gasteiger partial charge is 0.366 e. The van der Waals surface area contributed by atoms with Crippen LogP contribution < -0.4 is 0 Å². The number of hydrogen-bond donors (Lipinski definition) is 1. The van der Waals surface area contributed by atoms with E-state index < -0.39 is 61.5 Å². The van der Waals surface area contributed by atoms with Gasteiger partial charge in [-0.25, -0.2) is 13.9 Å². The van der Waals surface area contributed by atoms with E-state index in [-0.39, 0.29) is 0 Å². The Hall–Kier alpha value is -1.28. The first-order chi connectivity index (χ1) is 13.2. The molecule has 188 valence electrons. The molecule has 0 aromatic carbocycles. The van der Waals surface area contributed by atoms with Gasteiger partial charge in [0.1, 0.15) is 12.8 Å². The lowest BCUT2D eigenvalue weighted by Crippen LogP contribution is -2.64. The molecule has 2 atom stereocenters. The van der Waals surface area contributed by atoms with Crippen LogP contribution in [0.5, 0.6) is 0 Å². The van der Waals surface area contributed by atoms with Crippen LogP contribution in [0.4, 0.5) is 70.2 Å². The maximum atomic E-state index is 13.1. The van der Waals surface area contributed by atoms with Crippen molar-refractivity contribution in [2.45, 2.75) is 61.8 Å². The zero-order valence-corrected chi connectivity index (χ0v) is 14.1. The lowest BCUT2D eigenvalue weighted by Gasteiger charge is -2.36. The van der Waals surface area contributed by atoms with E-state index in [9.17, 15) is 70.2 Å². The van der Waals surface area contributed by atoms with E-state index in [1.54, 1.807) is 0 Å². The normalized spacial score (nSPS) is 17.6. The minimum absolute atomic E-state index is 0.458. The summed E-state index contributed by atoms with van der Waals surface area (Å²) in [6.45, 7) is -2.23. The van der Waals surface area contributed by atoms with Crippen molar-refractivity contribution < 1.29 is 89.6 Å². The van der Waals surface area contributed by atoms with Gasteiger partial charge in [-0.05, 0) is 6.92 Å². The Morgan fingerprint density at radius 2 is 1.03 bits per heavy atom. The average molecular weight is 508 g/mol. The molecule has 4 nitrogen and oxygen atoms in total. The Bertz CT molecular complexity index is 601. The van der Waals surface area contributed by atoms with Gasteiger partial charge in [-0.3, -0.25) is 0 Å². The Kier molecular flexibility index (Phi) is 8.22. The first-order valence-electron chi connectivity index (χ1n) is 6.92. The van der Waals surface area contributed by atoms with Crippen LogP contribution in [0.15, 0.2) is 0 Å². The van der Waals surface area contributed by atoms with Crippen LogP contribution in [0.1, 0.15) is 6.92 Å². The van der Waals surface area contributed by atoms with Gasteiger partial charge >= 0.3 is 42.5 Å². The van der Waals surface area contributed by atoms with Gasteiger partial charge in [0.2, 0.25) is 0 Å². The summed E-state index contributed by atoms with van der Waals surface area (Å²) in [7, 11) is 0. The fourth-order valence-electron chi connectivity index (χ4n) is 1.24. The zero-order chi connectivity index (χ0) is 25.5. The number of alkyl halides is 16. The number of halogens is 16. The van der Waals surface area contributed by atoms with Crippen molar-refractivity contribution in [3.8, 4) is 0 Å². The highest BCUT2D eigenvalue weighted by Gasteiger charge is 2.85. The molecule has 0 radical (unpaired) electrons. The summed E-state index contributed by atoms with van der Waals surface area (Å²) in [6, 6.07) is 0. The minimum atomic E-state index is -7.95. The fraction of sp³-hybridized carbons (Fsp3) is 1.00. The van der Waals surface area contributed by atoms with Gasteiger partial charge < -0.3 is 9.84 Å². The lowest BCUT2D eigenvalue weighted by molar-refractivity contribution is -0.543. The van der Waals surface area contributed by atoms with Gasteiger partial charge in [-0.15, -0.1) is 0 Å². The van der Waals surface area contributed by atoms with Crippen molar-refractivity contribution in [2.24, 2.45) is 0 Å². The topological polar surface area (TPSA) is 47.9 Å². The predicted octanol–water partition coefficient (Wildman–Crippen LogP) is 4.92. The van der Waals surface area contributed by atoms with Crippen molar-refractivity contribution in [3.05, 3.63) is 0 Å².